The summed E-state index contributed by atoms with van der Waals surface area (Å²) in [7, 11) is 0. The van der Waals surface area contributed by atoms with Crippen LogP contribution in [0.1, 0.15) is 32.1 Å². The molecular formula is C9H14NO2-. The minimum Gasteiger partial charge on any atom is -0.548 e. The molecule has 0 aromatic carbocycles. The molecular weight excluding hydrogens is 154 g/mol. The zero-order valence-corrected chi connectivity index (χ0v) is 7.08. The molecule has 1 N–H and O–H groups in total. The summed E-state index contributed by atoms with van der Waals surface area (Å²) in [4.78, 5) is 10.6. The van der Waals surface area contributed by atoms with Crippen LogP contribution in [0.3, 0.4) is 0 Å². The Morgan fingerprint density at radius 2 is 2.08 bits per heavy atom. The molecule has 1 aliphatic heterocycles. The quantitative estimate of drug-likeness (QED) is 0.582. The summed E-state index contributed by atoms with van der Waals surface area (Å²) in [6.45, 7) is 0. The lowest BCUT2D eigenvalue weighted by atomic mass is 9.85. The number of hydrogen-bond acceptors (Lipinski definition) is 3. The molecule has 3 atom stereocenters. The third-order valence-electron chi connectivity index (χ3n) is 3.15. The van der Waals surface area contributed by atoms with Crippen molar-refractivity contribution in [3.05, 3.63) is 0 Å². The Kier molecular flexibility index (Phi) is 2.05. The van der Waals surface area contributed by atoms with Gasteiger partial charge < -0.3 is 15.2 Å². The van der Waals surface area contributed by atoms with E-state index in [1.165, 1.54) is 19.3 Å². The van der Waals surface area contributed by atoms with Crippen molar-refractivity contribution in [2.24, 2.45) is 5.92 Å². The van der Waals surface area contributed by atoms with Crippen LogP contribution in [0.15, 0.2) is 0 Å². The molecule has 1 aliphatic carbocycles. The van der Waals surface area contributed by atoms with Crippen LogP contribution in [-0.4, -0.2) is 18.1 Å². The molecule has 2 fully saturated rings. The van der Waals surface area contributed by atoms with Gasteiger partial charge in [-0.2, -0.15) is 0 Å². The fourth-order valence-corrected chi connectivity index (χ4v) is 2.50. The molecule has 3 nitrogen and oxygen atoms in total. The van der Waals surface area contributed by atoms with E-state index in [-0.39, 0.29) is 6.04 Å². The number of aliphatic carboxylic acids is 1. The molecule has 0 aromatic rings. The average Bonchev–Trinajstić information content (AvgIpc) is 2.46. The smallest absolute Gasteiger partial charge is 0.0584 e. The molecule has 0 unspecified atom stereocenters. The maximum absolute atomic E-state index is 10.6. The molecule has 1 saturated heterocycles. The van der Waals surface area contributed by atoms with Gasteiger partial charge in [0.1, 0.15) is 0 Å². The highest BCUT2D eigenvalue weighted by atomic mass is 16.4. The van der Waals surface area contributed by atoms with Gasteiger partial charge >= 0.3 is 0 Å². The number of carboxylic acids is 1. The van der Waals surface area contributed by atoms with E-state index in [4.69, 9.17) is 0 Å². The monoisotopic (exact) mass is 168 g/mol. The average molecular weight is 168 g/mol. The highest BCUT2D eigenvalue weighted by molar-refractivity contribution is 5.71. The van der Waals surface area contributed by atoms with Gasteiger partial charge in [-0.25, -0.2) is 0 Å². The predicted octanol–water partition coefficient (Wildman–Crippen LogP) is -0.343. The van der Waals surface area contributed by atoms with Gasteiger partial charge in [-0.1, -0.05) is 12.8 Å². The van der Waals surface area contributed by atoms with Crippen LogP contribution in [0, 0.1) is 5.92 Å². The first kappa shape index (κ1) is 8.05. The molecule has 2 aliphatic rings. The zero-order valence-electron chi connectivity index (χ0n) is 7.08. The van der Waals surface area contributed by atoms with E-state index in [2.05, 4.69) is 5.32 Å². The van der Waals surface area contributed by atoms with Crippen molar-refractivity contribution in [3.63, 3.8) is 0 Å². The maximum atomic E-state index is 10.6. The Morgan fingerprint density at radius 1 is 1.33 bits per heavy atom. The summed E-state index contributed by atoms with van der Waals surface area (Å²) in [5.41, 5.74) is 0. The van der Waals surface area contributed by atoms with E-state index < -0.39 is 5.97 Å². The van der Waals surface area contributed by atoms with Crippen molar-refractivity contribution in [3.8, 4) is 0 Å². The van der Waals surface area contributed by atoms with E-state index >= 15 is 0 Å². The fraction of sp³-hybridized carbons (Fsp3) is 0.889. The first-order valence-electron chi connectivity index (χ1n) is 4.74. The van der Waals surface area contributed by atoms with Gasteiger partial charge in [0, 0.05) is 12.1 Å². The van der Waals surface area contributed by atoms with Crippen molar-refractivity contribution < 1.29 is 9.90 Å². The highest BCUT2D eigenvalue weighted by Crippen LogP contribution is 2.32. The summed E-state index contributed by atoms with van der Waals surface area (Å²) >= 11 is 0. The van der Waals surface area contributed by atoms with Gasteiger partial charge in [-0.05, 0) is 25.2 Å². The van der Waals surface area contributed by atoms with Crippen LogP contribution in [0.5, 0.6) is 0 Å². The molecule has 0 spiro atoms. The number of rotatable bonds is 1. The number of carboxylic acid groups (broad SMARTS) is 1. The van der Waals surface area contributed by atoms with Gasteiger partial charge in [-0.15, -0.1) is 0 Å². The minimum absolute atomic E-state index is 0.377. The second-order valence-corrected chi connectivity index (χ2v) is 3.93. The summed E-state index contributed by atoms with van der Waals surface area (Å²) in [6.07, 6.45) is 5.64. The van der Waals surface area contributed by atoms with Crippen molar-refractivity contribution in [1.29, 1.82) is 0 Å². The number of carbonyl (C=O) groups is 1. The normalized spacial score (nSPS) is 40.8. The van der Waals surface area contributed by atoms with E-state index in [0.29, 0.717) is 12.0 Å². The van der Waals surface area contributed by atoms with E-state index in [9.17, 15) is 9.90 Å². The molecule has 3 heteroatoms. The van der Waals surface area contributed by atoms with Gasteiger partial charge in [0.25, 0.3) is 0 Å². The SMILES string of the molecule is O=C([O-])[C@@H]1C[C@@H]2CCCC[C@@H]2N1. The summed E-state index contributed by atoms with van der Waals surface area (Å²) in [5.74, 6) is -0.328. The summed E-state index contributed by atoms with van der Waals surface area (Å²) < 4.78 is 0. The molecule has 1 heterocycles. The zero-order chi connectivity index (χ0) is 8.55. The van der Waals surface area contributed by atoms with Gasteiger partial charge in [0.05, 0.1) is 5.97 Å². The summed E-state index contributed by atoms with van der Waals surface area (Å²) in [5, 5.41) is 13.7. The van der Waals surface area contributed by atoms with E-state index in [1.54, 1.807) is 0 Å². The van der Waals surface area contributed by atoms with Crippen LogP contribution >= 0.6 is 0 Å². The molecule has 1 saturated carbocycles. The Bertz CT molecular complexity index is 179. The van der Waals surface area contributed by atoms with Crippen LogP contribution < -0.4 is 10.4 Å². The molecule has 68 valence electrons. The second kappa shape index (κ2) is 3.05. The van der Waals surface area contributed by atoms with Gasteiger partial charge in [0.15, 0.2) is 0 Å². The number of nitrogens with one attached hydrogen (secondary N) is 1. The third kappa shape index (κ3) is 1.33. The van der Waals surface area contributed by atoms with Crippen LogP contribution in [0.25, 0.3) is 0 Å². The minimum atomic E-state index is -0.926. The first-order valence-corrected chi connectivity index (χ1v) is 4.74. The Balaban J connectivity index is 1.98. The Hall–Kier alpha value is -0.570. The van der Waals surface area contributed by atoms with Crippen molar-refractivity contribution >= 4 is 5.97 Å². The number of hydrogen-bond donors (Lipinski definition) is 1. The maximum Gasteiger partial charge on any atom is 0.0584 e. The first-order chi connectivity index (χ1) is 5.77. The lowest BCUT2D eigenvalue weighted by Gasteiger charge is -2.24. The molecule has 2 rings (SSSR count). The highest BCUT2D eigenvalue weighted by Gasteiger charge is 2.35. The lowest BCUT2D eigenvalue weighted by Crippen LogP contribution is -2.44. The van der Waals surface area contributed by atoms with Crippen molar-refractivity contribution in [2.75, 3.05) is 0 Å². The van der Waals surface area contributed by atoms with Crippen LogP contribution in [0.4, 0.5) is 0 Å². The standard InChI is InChI=1S/C9H15NO2/c11-9(12)8-5-6-3-1-2-4-7(6)10-8/h6-8,10H,1-5H2,(H,11,12)/p-1/t6-,7-,8-/m0/s1. The van der Waals surface area contributed by atoms with E-state index in [0.717, 1.165) is 12.8 Å². The third-order valence-corrected chi connectivity index (χ3v) is 3.15. The van der Waals surface area contributed by atoms with Crippen molar-refractivity contribution in [2.45, 2.75) is 44.2 Å². The number of fused-ring (bicyclic) bond motifs is 1. The Morgan fingerprint density at radius 3 is 2.75 bits per heavy atom. The van der Waals surface area contributed by atoms with Crippen LogP contribution in [0.2, 0.25) is 0 Å². The molecule has 12 heavy (non-hydrogen) atoms. The predicted molar refractivity (Wildman–Crippen MR) is 42.3 cm³/mol. The van der Waals surface area contributed by atoms with Gasteiger partial charge in [-0.3, -0.25) is 0 Å². The lowest BCUT2D eigenvalue weighted by molar-refractivity contribution is -0.308. The van der Waals surface area contributed by atoms with E-state index in [1.807, 2.05) is 0 Å². The fourth-order valence-electron chi connectivity index (χ4n) is 2.50. The van der Waals surface area contributed by atoms with Gasteiger partial charge in [0.2, 0.25) is 0 Å². The molecule has 0 bridgehead atoms. The molecule has 0 amide bonds. The Labute approximate surface area is 72.2 Å². The second-order valence-electron chi connectivity index (χ2n) is 3.93. The number of carbonyl (C=O) groups excluding carboxylic acids is 1. The largest absolute Gasteiger partial charge is 0.548 e. The molecule has 0 radical (unpaired) electrons. The van der Waals surface area contributed by atoms with Crippen LogP contribution in [-0.2, 0) is 4.79 Å². The molecule has 0 aromatic heterocycles. The summed E-state index contributed by atoms with van der Waals surface area (Å²) in [6, 6.07) is 0.0831. The van der Waals surface area contributed by atoms with Crippen molar-refractivity contribution in [1.82, 2.24) is 5.32 Å². The topological polar surface area (TPSA) is 52.2 Å².